The van der Waals surface area contributed by atoms with Crippen molar-refractivity contribution in [1.29, 1.82) is 0 Å². The smallest absolute Gasteiger partial charge is 0.317 e. The number of carbonyl (C=O) groups is 1. The Bertz CT molecular complexity index is 769. The number of urea groups is 1. The minimum atomic E-state index is -0.272. The molecule has 0 aliphatic carbocycles. The molecule has 0 radical (unpaired) electrons. The lowest BCUT2D eigenvalue weighted by molar-refractivity contribution is 0.191. The predicted molar refractivity (Wildman–Crippen MR) is 100 cm³/mol. The highest BCUT2D eigenvalue weighted by molar-refractivity contribution is 5.75. The Kier molecular flexibility index (Phi) is 5.11. The van der Waals surface area contributed by atoms with Gasteiger partial charge in [-0.1, -0.05) is 18.2 Å². The quantitative estimate of drug-likeness (QED) is 0.772. The van der Waals surface area contributed by atoms with Crippen molar-refractivity contribution < 1.29 is 9.90 Å². The summed E-state index contributed by atoms with van der Waals surface area (Å²) in [5, 5.41) is 12.9. The molecular weight excluding hydrogens is 332 g/mol. The normalized spacial score (nSPS) is 15.6. The van der Waals surface area contributed by atoms with Crippen LogP contribution >= 0.6 is 0 Å². The lowest BCUT2D eigenvalue weighted by atomic mass is 10.1. The van der Waals surface area contributed by atoms with Crippen LogP contribution in [-0.2, 0) is 0 Å². The van der Waals surface area contributed by atoms with Crippen LogP contribution in [0.4, 0.5) is 16.6 Å². The fraction of sp³-hybridized carbons (Fsp3) is 0.389. The van der Waals surface area contributed by atoms with Crippen molar-refractivity contribution in [2.24, 2.45) is 0 Å². The number of nitrogen functional groups attached to an aromatic ring is 1. The molecule has 0 bridgehead atoms. The van der Waals surface area contributed by atoms with Crippen LogP contribution in [0.25, 0.3) is 0 Å². The van der Waals surface area contributed by atoms with Crippen LogP contribution in [0.3, 0.4) is 0 Å². The number of hydrogen-bond acceptors (Lipinski definition) is 6. The molecule has 3 rings (SSSR count). The molecule has 1 saturated heterocycles. The monoisotopic (exact) mass is 356 g/mol. The molecule has 1 atom stereocenters. The van der Waals surface area contributed by atoms with Gasteiger partial charge in [-0.2, -0.15) is 4.98 Å². The third-order valence-electron chi connectivity index (χ3n) is 4.49. The summed E-state index contributed by atoms with van der Waals surface area (Å²) in [4.78, 5) is 24.7. The average molecular weight is 356 g/mol. The van der Waals surface area contributed by atoms with Crippen LogP contribution in [-0.4, -0.2) is 52.2 Å². The van der Waals surface area contributed by atoms with Gasteiger partial charge in [-0.15, -0.1) is 0 Å². The van der Waals surface area contributed by atoms with Crippen molar-refractivity contribution in [2.75, 3.05) is 36.8 Å². The number of nitrogens with two attached hydrogens (primary N) is 1. The first-order chi connectivity index (χ1) is 12.4. The molecule has 8 heteroatoms. The van der Waals surface area contributed by atoms with Gasteiger partial charge in [-0.25, -0.2) is 9.78 Å². The number of aryl methyl sites for hydroxylation is 1. The highest BCUT2D eigenvalue weighted by Crippen LogP contribution is 2.23. The zero-order valence-electron chi connectivity index (χ0n) is 15.0. The SMILES string of the molecule is Cc1cc(N2CCN(C(=O)N[C@@H](C)c3ccccc3O)CC2)nc(N)n1. The van der Waals surface area contributed by atoms with Gasteiger partial charge in [0.25, 0.3) is 0 Å². The number of anilines is 2. The van der Waals surface area contributed by atoms with Crippen LogP contribution in [0, 0.1) is 6.92 Å². The molecule has 1 aliphatic heterocycles. The summed E-state index contributed by atoms with van der Waals surface area (Å²) in [7, 11) is 0. The lowest BCUT2D eigenvalue weighted by Gasteiger charge is -2.36. The second-order valence-corrected chi connectivity index (χ2v) is 6.43. The topological polar surface area (TPSA) is 108 Å². The molecule has 138 valence electrons. The van der Waals surface area contributed by atoms with Gasteiger partial charge in [0.1, 0.15) is 11.6 Å². The Morgan fingerprint density at radius 2 is 1.92 bits per heavy atom. The first kappa shape index (κ1) is 17.8. The van der Waals surface area contributed by atoms with E-state index in [1.54, 1.807) is 23.1 Å². The van der Waals surface area contributed by atoms with Crippen LogP contribution in [0.15, 0.2) is 30.3 Å². The molecule has 1 fully saturated rings. The number of carbonyl (C=O) groups excluding carboxylic acids is 1. The van der Waals surface area contributed by atoms with Gasteiger partial charge >= 0.3 is 6.03 Å². The Morgan fingerprint density at radius 3 is 2.58 bits per heavy atom. The van der Waals surface area contributed by atoms with Gasteiger partial charge in [0.05, 0.1) is 6.04 Å². The Labute approximate surface area is 152 Å². The number of nitrogens with zero attached hydrogens (tertiary/aromatic N) is 4. The van der Waals surface area contributed by atoms with Crippen molar-refractivity contribution in [2.45, 2.75) is 19.9 Å². The number of phenolic OH excluding ortho intramolecular Hbond substituents is 1. The molecular formula is C18H24N6O2. The molecule has 26 heavy (non-hydrogen) atoms. The van der Waals surface area contributed by atoms with Crippen molar-refractivity contribution in [1.82, 2.24) is 20.2 Å². The van der Waals surface area contributed by atoms with E-state index in [9.17, 15) is 9.90 Å². The minimum Gasteiger partial charge on any atom is -0.508 e. The Hall–Kier alpha value is -3.03. The zero-order valence-corrected chi connectivity index (χ0v) is 15.0. The van der Waals surface area contributed by atoms with Gasteiger partial charge < -0.3 is 26.0 Å². The maximum Gasteiger partial charge on any atom is 0.317 e. The number of phenols is 1. The van der Waals surface area contributed by atoms with E-state index in [1.165, 1.54) is 0 Å². The molecule has 4 N–H and O–H groups in total. The molecule has 0 spiro atoms. The summed E-state index contributed by atoms with van der Waals surface area (Å²) in [5.41, 5.74) is 7.24. The molecule has 1 aliphatic rings. The molecule has 8 nitrogen and oxygen atoms in total. The predicted octanol–water partition coefficient (Wildman–Crippen LogP) is 1.67. The van der Waals surface area contributed by atoms with Crippen LogP contribution in [0.5, 0.6) is 5.75 Å². The number of aromatic hydroxyl groups is 1. The minimum absolute atomic E-state index is 0.140. The molecule has 0 saturated carbocycles. The molecule has 1 aromatic heterocycles. The number of piperazine rings is 1. The van der Waals surface area contributed by atoms with Crippen molar-refractivity contribution in [3.05, 3.63) is 41.6 Å². The highest BCUT2D eigenvalue weighted by Gasteiger charge is 2.24. The highest BCUT2D eigenvalue weighted by atomic mass is 16.3. The Balaban J connectivity index is 1.57. The first-order valence-electron chi connectivity index (χ1n) is 8.63. The second kappa shape index (κ2) is 7.47. The number of amides is 2. The molecule has 2 amide bonds. The van der Waals surface area contributed by atoms with E-state index in [-0.39, 0.29) is 23.8 Å². The Morgan fingerprint density at radius 1 is 1.23 bits per heavy atom. The molecule has 0 unspecified atom stereocenters. The largest absolute Gasteiger partial charge is 0.508 e. The van der Waals surface area contributed by atoms with E-state index in [2.05, 4.69) is 20.2 Å². The second-order valence-electron chi connectivity index (χ2n) is 6.43. The third-order valence-corrected chi connectivity index (χ3v) is 4.49. The van der Waals surface area contributed by atoms with Crippen LogP contribution < -0.4 is 16.0 Å². The van der Waals surface area contributed by atoms with Gasteiger partial charge in [0.15, 0.2) is 0 Å². The van der Waals surface area contributed by atoms with Crippen molar-refractivity contribution in [3.8, 4) is 5.75 Å². The van der Waals surface area contributed by atoms with Gasteiger partial charge in [0.2, 0.25) is 5.95 Å². The summed E-state index contributed by atoms with van der Waals surface area (Å²) in [5.74, 6) is 1.23. The van der Waals surface area contributed by atoms with Gasteiger partial charge in [0, 0.05) is 43.5 Å². The number of benzene rings is 1. The molecule has 2 heterocycles. The van der Waals surface area contributed by atoms with E-state index in [0.29, 0.717) is 31.7 Å². The van der Waals surface area contributed by atoms with E-state index >= 15 is 0 Å². The molecule has 1 aromatic carbocycles. The van der Waals surface area contributed by atoms with Crippen molar-refractivity contribution >= 4 is 17.8 Å². The maximum absolute atomic E-state index is 12.5. The standard InChI is InChI=1S/C18H24N6O2/c1-12-11-16(22-17(19)20-12)23-7-9-24(10-8-23)18(26)21-13(2)14-5-3-4-6-15(14)25/h3-6,11,13,25H,7-10H2,1-2H3,(H,21,26)(H2,19,20,22)/t13-/m0/s1. The number of aromatic nitrogens is 2. The van der Waals surface area contributed by atoms with Gasteiger partial charge in [-0.05, 0) is 19.9 Å². The van der Waals surface area contributed by atoms with Gasteiger partial charge in [-0.3, -0.25) is 0 Å². The number of hydrogen-bond donors (Lipinski definition) is 3. The van der Waals surface area contributed by atoms with Crippen LogP contribution in [0.1, 0.15) is 24.2 Å². The number of para-hydroxylation sites is 1. The maximum atomic E-state index is 12.5. The lowest BCUT2D eigenvalue weighted by Crippen LogP contribution is -2.52. The summed E-state index contributed by atoms with van der Waals surface area (Å²) < 4.78 is 0. The van der Waals surface area contributed by atoms with E-state index in [1.807, 2.05) is 26.0 Å². The summed E-state index contributed by atoms with van der Waals surface area (Å²) in [6.45, 7) is 6.26. The summed E-state index contributed by atoms with van der Waals surface area (Å²) >= 11 is 0. The number of rotatable bonds is 3. The van der Waals surface area contributed by atoms with E-state index < -0.39 is 0 Å². The van der Waals surface area contributed by atoms with Crippen molar-refractivity contribution in [3.63, 3.8) is 0 Å². The average Bonchev–Trinajstić information content (AvgIpc) is 2.61. The summed E-state index contributed by atoms with van der Waals surface area (Å²) in [6.07, 6.45) is 0. The zero-order chi connectivity index (χ0) is 18.7. The fourth-order valence-corrected chi connectivity index (χ4v) is 3.08. The van der Waals surface area contributed by atoms with E-state index in [4.69, 9.17) is 5.73 Å². The van der Waals surface area contributed by atoms with Crippen LogP contribution in [0.2, 0.25) is 0 Å². The molecule has 2 aromatic rings. The van der Waals surface area contributed by atoms with E-state index in [0.717, 1.165) is 11.5 Å². The first-order valence-corrected chi connectivity index (χ1v) is 8.63. The third kappa shape index (κ3) is 3.96. The number of nitrogens with one attached hydrogen (secondary N) is 1. The fourth-order valence-electron chi connectivity index (χ4n) is 3.08. The summed E-state index contributed by atoms with van der Waals surface area (Å²) in [6, 6.07) is 8.50.